The molecule has 0 aliphatic carbocycles. The summed E-state index contributed by atoms with van der Waals surface area (Å²) in [5.41, 5.74) is 11.1. The van der Waals surface area contributed by atoms with Crippen LogP contribution in [0.1, 0.15) is 9.67 Å². The van der Waals surface area contributed by atoms with Crippen molar-refractivity contribution < 1.29 is 9.53 Å². The number of amides is 1. The zero-order valence-corrected chi connectivity index (χ0v) is 18.6. The molecule has 2 aromatic heterocycles. The minimum Gasteiger partial charge on any atom is -0.497 e. The standard InChI is InChI=1S/C26H20N4O2S/c1-32-19-14-12-18(13-15-19)28-25(31)24-22(27)21-20(16-8-4-2-5-9-16)23(29-30-26(21)33-24)17-10-6-3-7-11-17/h2-15H,27H2,1H3,(H,28,31). The fourth-order valence-electron chi connectivity index (χ4n) is 3.72. The number of nitrogens with zero attached hydrogens (tertiary/aromatic N) is 2. The predicted octanol–water partition coefficient (Wildman–Crippen LogP) is 5.87. The van der Waals surface area contributed by atoms with Crippen LogP contribution in [-0.2, 0) is 0 Å². The third-order valence-corrected chi connectivity index (χ3v) is 6.41. The number of fused-ring (bicyclic) bond motifs is 1. The number of methoxy groups -OCH3 is 1. The van der Waals surface area contributed by atoms with E-state index in [-0.39, 0.29) is 5.91 Å². The highest BCUT2D eigenvalue weighted by Gasteiger charge is 2.24. The van der Waals surface area contributed by atoms with Crippen molar-refractivity contribution in [1.82, 2.24) is 10.2 Å². The van der Waals surface area contributed by atoms with Crippen LogP contribution in [-0.4, -0.2) is 23.2 Å². The summed E-state index contributed by atoms with van der Waals surface area (Å²) in [6, 6.07) is 26.9. The van der Waals surface area contributed by atoms with Gasteiger partial charge in [0.2, 0.25) is 0 Å². The van der Waals surface area contributed by atoms with Gasteiger partial charge in [-0.25, -0.2) is 0 Å². The van der Waals surface area contributed by atoms with Crippen molar-refractivity contribution in [3.8, 4) is 28.1 Å². The summed E-state index contributed by atoms with van der Waals surface area (Å²) < 4.78 is 5.17. The lowest BCUT2D eigenvalue weighted by Crippen LogP contribution is -2.11. The Kier molecular flexibility index (Phi) is 5.46. The Balaban J connectivity index is 1.64. The van der Waals surface area contributed by atoms with Gasteiger partial charge in [-0.05, 0) is 29.8 Å². The molecule has 2 heterocycles. The second-order valence-corrected chi connectivity index (χ2v) is 8.36. The first-order valence-corrected chi connectivity index (χ1v) is 11.1. The first-order valence-electron chi connectivity index (χ1n) is 10.3. The van der Waals surface area contributed by atoms with Gasteiger partial charge in [-0.1, -0.05) is 60.7 Å². The second-order valence-electron chi connectivity index (χ2n) is 7.36. The zero-order chi connectivity index (χ0) is 22.8. The lowest BCUT2D eigenvalue weighted by molar-refractivity contribution is 0.103. The van der Waals surface area contributed by atoms with Crippen LogP contribution in [0.5, 0.6) is 5.75 Å². The molecular formula is C26H20N4O2S. The molecule has 3 aromatic carbocycles. The average molecular weight is 453 g/mol. The summed E-state index contributed by atoms with van der Waals surface area (Å²) in [5.74, 6) is 0.423. The Morgan fingerprint density at radius 1 is 0.879 bits per heavy atom. The van der Waals surface area contributed by atoms with Crippen LogP contribution in [0.2, 0.25) is 0 Å². The van der Waals surface area contributed by atoms with Crippen LogP contribution in [0, 0.1) is 0 Å². The first-order chi connectivity index (χ1) is 16.2. The van der Waals surface area contributed by atoms with Gasteiger partial charge in [0.05, 0.1) is 12.8 Å². The number of hydrogen-bond acceptors (Lipinski definition) is 6. The number of carbonyl (C=O) groups excluding carboxylic acids is 1. The summed E-state index contributed by atoms with van der Waals surface area (Å²) in [7, 11) is 1.60. The van der Waals surface area contributed by atoms with Crippen LogP contribution >= 0.6 is 11.3 Å². The maximum atomic E-state index is 13.1. The van der Waals surface area contributed by atoms with Gasteiger partial charge in [-0.3, -0.25) is 4.79 Å². The molecule has 5 rings (SSSR count). The van der Waals surface area contributed by atoms with Gasteiger partial charge in [0, 0.05) is 22.2 Å². The van der Waals surface area contributed by atoms with Gasteiger partial charge >= 0.3 is 0 Å². The number of anilines is 2. The Morgan fingerprint density at radius 3 is 2.15 bits per heavy atom. The van der Waals surface area contributed by atoms with Crippen LogP contribution in [0.4, 0.5) is 11.4 Å². The largest absolute Gasteiger partial charge is 0.497 e. The smallest absolute Gasteiger partial charge is 0.267 e. The molecule has 6 nitrogen and oxygen atoms in total. The summed E-state index contributed by atoms with van der Waals surface area (Å²) in [6.07, 6.45) is 0. The van der Waals surface area contributed by atoms with Crippen LogP contribution in [0.25, 0.3) is 32.6 Å². The number of nitrogens with two attached hydrogens (primary N) is 1. The minimum absolute atomic E-state index is 0.291. The molecule has 1 amide bonds. The number of nitrogen functional groups attached to an aromatic ring is 1. The Hall–Kier alpha value is -4.23. The van der Waals surface area contributed by atoms with E-state index in [1.807, 2.05) is 60.7 Å². The quantitative estimate of drug-likeness (QED) is 0.348. The second kappa shape index (κ2) is 8.72. The van der Waals surface area contributed by atoms with Crippen molar-refractivity contribution in [3.63, 3.8) is 0 Å². The monoisotopic (exact) mass is 452 g/mol. The van der Waals surface area contributed by atoms with Crippen LogP contribution in [0.3, 0.4) is 0 Å². The van der Waals surface area contributed by atoms with Gasteiger partial charge in [0.15, 0.2) is 0 Å². The van der Waals surface area contributed by atoms with Crippen molar-refractivity contribution in [1.29, 1.82) is 0 Å². The van der Waals surface area contributed by atoms with Crippen molar-refractivity contribution in [3.05, 3.63) is 89.8 Å². The van der Waals surface area contributed by atoms with Crippen molar-refractivity contribution in [2.45, 2.75) is 0 Å². The van der Waals surface area contributed by atoms with E-state index in [9.17, 15) is 4.79 Å². The van der Waals surface area contributed by atoms with Gasteiger partial charge in [-0.15, -0.1) is 21.5 Å². The van der Waals surface area contributed by atoms with Crippen molar-refractivity contribution >= 4 is 38.8 Å². The van der Waals surface area contributed by atoms with Crippen molar-refractivity contribution in [2.24, 2.45) is 0 Å². The van der Waals surface area contributed by atoms with Crippen LogP contribution < -0.4 is 15.8 Å². The Bertz CT molecular complexity index is 1430. The fraction of sp³-hybridized carbons (Fsp3) is 0.0385. The lowest BCUT2D eigenvalue weighted by Gasteiger charge is -2.11. The Labute approximate surface area is 194 Å². The maximum Gasteiger partial charge on any atom is 0.267 e. The van der Waals surface area contributed by atoms with Gasteiger partial charge in [0.1, 0.15) is 21.2 Å². The highest BCUT2D eigenvalue weighted by molar-refractivity contribution is 7.21. The molecule has 33 heavy (non-hydrogen) atoms. The van der Waals surface area contributed by atoms with E-state index in [2.05, 4.69) is 15.5 Å². The molecule has 0 unspecified atom stereocenters. The van der Waals surface area contributed by atoms with Crippen molar-refractivity contribution in [2.75, 3.05) is 18.2 Å². The Morgan fingerprint density at radius 2 is 1.52 bits per heavy atom. The third-order valence-electron chi connectivity index (χ3n) is 5.32. The number of ether oxygens (including phenoxy) is 1. The highest BCUT2D eigenvalue weighted by Crippen LogP contribution is 2.43. The number of rotatable bonds is 5. The molecule has 0 aliphatic heterocycles. The predicted molar refractivity (Wildman–Crippen MR) is 134 cm³/mol. The number of hydrogen-bond donors (Lipinski definition) is 2. The number of nitrogens with one attached hydrogen (secondary N) is 1. The maximum absolute atomic E-state index is 13.1. The van der Waals surface area contributed by atoms with E-state index in [0.717, 1.165) is 27.8 Å². The summed E-state index contributed by atoms with van der Waals surface area (Å²) >= 11 is 1.24. The van der Waals surface area contributed by atoms with E-state index in [1.54, 1.807) is 31.4 Å². The topological polar surface area (TPSA) is 90.1 Å². The average Bonchev–Trinajstić information content (AvgIpc) is 3.21. The SMILES string of the molecule is COc1ccc(NC(=O)c2sc3nnc(-c4ccccc4)c(-c4ccccc4)c3c2N)cc1. The molecule has 0 aliphatic rings. The fourth-order valence-corrected chi connectivity index (χ4v) is 4.67. The normalized spacial score (nSPS) is 10.8. The molecule has 0 saturated carbocycles. The van der Waals surface area contributed by atoms with Gasteiger partial charge < -0.3 is 15.8 Å². The van der Waals surface area contributed by atoms with E-state index in [1.165, 1.54) is 11.3 Å². The van der Waals surface area contributed by atoms with Gasteiger partial charge in [0.25, 0.3) is 5.91 Å². The summed E-state index contributed by atoms with van der Waals surface area (Å²) in [5, 5.41) is 12.6. The van der Waals surface area contributed by atoms with E-state index >= 15 is 0 Å². The van der Waals surface area contributed by atoms with Gasteiger partial charge in [-0.2, -0.15) is 0 Å². The molecule has 0 radical (unpaired) electrons. The molecule has 0 spiro atoms. The minimum atomic E-state index is -0.291. The molecule has 5 aromatic rings. The van der Waals surface area contributed by atoms with E-state index < -0.39 is 0 Å². The molecule has 0 bridgehead atoms. The summed E-state index contributed by atoms with van der Waals surface area (Å²) in [6.45, 7) is 0. The molecule has 0 atom stereocenters. The first kappa shape index (κ1) is 20.7. The molecule has 7 heteroatoms. The lowest BCUT2D eigenvalue weighted by atomic mass is 9.96. The molecule has 0 fully saturated rings. The summed E-state index contributed by atoms with van der Waals surface area (Å²) in [4.78, 5) is 14.1. The number of benzene rings is 3. The molecule has 162 valence electrons. The molecule has 0 saturated heterocycles. The van der Waals surface area contributed by atoms with E-state index in [0.29, 0.717) is 26.8 Å². The number of carbonyl (C=O) groups is 1. The molecule has 3 N–H and O–H groups in total. The third kappa shape index (κ3) is 3.90. The number of aromatic nitrogens is 2. The van der Waals surface area contributed by atoms with Crippen LogP contribution in [0.15, 0.2) is 84.9 Å². The zero-order valence-electron chi connectivity index (χ0n) is 17.8. The van der Waals surface area contributed by atoms with E-state index in [4.69, 9.17) is 10.5 Å². The highest BCUT2D eigenvalue weighted by atomic mass is 32.1. The number of thiophene rings is 1. The molecular weight excluding hydrogens is 432 g/mol.